The Labute approximate surface area is 184 Å². The SMILES string of the molecule is COc1cc(-c2ccc3nc(NC(=O)NCCC(=O)OC(C)(C)C)sc3c2)ccc1O. The van der Waals surface area contributed by atoms with E-state index in [9.17, 15) is 14.7 Å². The second-order valence-corrected chi connectivity index (χ2v) is 8.84. The molecular weight excluding hydrogens is 418 g/mol. The molecule has 1 aromatic heterocycles. The van der Waals surface area contributed by atoms with Crippen LogP contribution in [0.3, 0.4) is 0 Å². The highest BCUT2D eigenvalue weighted by Crippen LogP contribution is 2.34. The number of amides is 2. The van der Waals surface area contributed by atoms with E-state index in [2.05, 4.69) is 15.6 Å². The highest BCUT2D eigenvalue weighted by molar-refractivity contribution is 7.22. The lowest BCUT2D eigenvalue weighted by Gasteiger charge is -2.19. The number of hydrogen-bond acceptors (Lipinski definition) is 7. The lowest BCUT2D eigenvalue weighted by molar-refractivity contribution is -0.154. The topological polar surface area (TPSA) is 110 Å². The zero-order chi connectivity index (χ0) is 22.6. The monoisotopic (exact) mass is 443 g/mol. The van der Waals surface area contributed by atoms with Crippen LogP contribution < -0.4 is 15.4 Å². The van der Waals surface area contributed by atoms with Gasteiger partial charge in [-0.25, -0.2) is 9.78 Å². The number of anilines is 1. The van der Waals surface area contributed by atoms with Gasteiger partial charge in [-0.05, 0) is 56.2 Å². The summed E-state index contributed by atoms with van der Waals surface area (Å²) in [6, 6.07) is 10.5. The van der Waals surface area contributed by atoms with Crippen LogP contribution in [0, 0.1) is 0 Å². The molecule has 3 rings (SSSR count). The van der Waals surface area contributed by atoms with E-state index in [1.165, 1.54) is 18.4 Å². The maximum absolute atomic E-state index is 12.1. The Morgan fingerprint density at radius 3 is 2.55 bits per heavy atom. The number of methoxy groups -OCH3 is 1. The molecule has 9 heteroatoms. The first-order chi connectivity index (χ1) is 14.6. The molecule has 0 aliphatic heterocycles. The summed E-state index contributed by atoms with van der Waals surface area (Å²) in [6.07, 6.45) is 0.0873. The maximum Gasteiger partial charge on any atom is 0.321 e. The van der Waals surface area contributed by atoms with Gasteiger partial charge >= 0.3 is 12.0 Å². The molecule has 2 aromatic carbocycles. The number of benzene rings is 2. The van der Waals surface area contributed by atoms with Gasteiger partial charge in [0, 0.05) is 6.54 Å². The summed E-state index contributed by atoms with van der Waals surface area (Å²) in [5.74, 6) is 0.104. The van der Waals surface area contributed by atoms with Crippen molar-refractivity contribution in [1.29, 1.82) is 0 Å². The molecule has 0 aliphatic carbocycles. The Balaban J connectivity index is 1.62. The van der Waals surface area contributed by atoms with Crippen molar-refractivity contribution >= 4 is 38.7 Å². The molecule has 0 spiro atoms. The quantitative estimate of drug-likeness (QED) is 0.483. The number of nitrogens with zero attached hydrogens (tertiary/aromatic N) is 1. The van der Waals surface area contributed by atoms with E-state index in [4.69, 9.17) is 9.47 Å². The van der Waals surface area contributed by atoms with Gasteiger partial charge in [-0.2, -0.15) is 0 Å². The van der Waals surface area contributed by atoms with Crippen molar-refractivity contribution in [2.45, 2.75) is 32.8 Å². The molecule has 0 fully saturated rings. The fraction of sp³-hybridized carbons (Fsp3) is 0.318. The van der Waals surface area contributed by atoms with E-state index in [1.54, 1.807) is 39.0 Å². The van der Waals surface area contributed by atoms with Gasteiger partial charge in [-0.1, -0.05) is 23.5 Å². The van der Waals surface area contributed by atoms with Crippen LogP contribution >= 0.6 is 11.3 Å². The van der Waals surface area contributed by atoms with Gasteiger partial charge in [0.25, 0.3) is 0 Å². The van der Waals surface area contributed by atoms with Crippen molar-refractivity contribution in [3.63, 3.8) is 0 Å². The van der Waals surface area contributed by atoms with Crippen LogP contribution in [0.1, 0.15) is 27.2 Å². The molecule has 0 unspecified atom stereocenters. The van der Waals surface area contributed by atoms with Crippen LogP contribution in [-0.4, -0.2) is 41.3 Å². The normalized spacial score (nSPS) is 11.2. The predicted octanol–water partition coefficient (Wildman–Crippen LogP) is 4.53. The van der Waals surface area contributed by atoms with E-state index in [-0.39, 0.29) is 24.7 Å². The Hall–Kier alpha value is -3.33. The largest absolute Gasteiger partial charge is 0.504 e. The maximum atomic E-state index is 12.1. The molecule has 3 aromatic rings. The molecule has 0 radical (unpaired) electrons. The third-order valence-corrected chi connectivity index (χ3v) is 5.09. The molecule has 0 saturated carbocycles. The van der Waals surface area contributed by atoms with E-state index < -0.39 is 11.6 Å². The summed E-state index contributed by atoms with van der Waals surface area (Å²) < 4.78 is 11.3. The highest BCUT2D eigenvalue weighted by Gasteiger charge is 2.16. The number of fused-ring (bicyclic) bond motifs is 1. The number of aromatic nitrogens is 1. The van der Waals surface area contributed by atoms with Gasteiger partial charge in [0.05, 0.1) is 23.7 Å². The molecule has 1 heterocycles. The standard InChI is InChI=1S/C22H25N3O5S/c1-22(2,3)30-19(27)9-10-23-20(28)25-21-24-15-7-5-14(12-18(15)31-21)13-6-8-16(26)17(11-13)29-4/h5-8,11-12,26H,9-10H2,1-4H3,(H2,23,24,25,28). The molecule has 0 saturated heterocycles. The number of hydrogen-bond donors (Lipinski definition) is 3. The average Bonchev–Trinajstić information content (AvgIpc) is 3.08. The first kappa shape index (κ1) is 22.4. The van der Waals surface area contributed by atoms with Crippen molar-refractivity contribution in [2.24, 2.45) is 0 Å². The summed E-state index contributed by atoms with van der Waals surface area (Å²) in [5, 5.41) is 15.5. The Bertz CT molecular complexity index is 1100. The second-order valence-electron chi connectivity index (χ2n) is 7.81. The molecule has 0 aliphatic rings. The van der Waals surface area contributed by atoms with Gasteiger partial charge in [-0.3, -0.25) is 10.1 Å². The zero-order valence-electron chi connectivity index (χ0n) is 17.8. The van der Waals surface area contributed by atoms with Crippen molar-refractivity contribution in [2.75, 3.05) is 19.0 Å². The Morgan fingerprint density at radius 1 is 1.13 bits per heavy atom. The first-order valence-electron chi connectivity index (χ1n) is 9.69. The highest BCUT2D eigenvalue weighted by atomic mass is 32.1. The summed E-state index contributed by atoms with van der Waals surface area (Å²) in [6.45, 7) is 5.55. The Kier molecular flexibility index (Phi) is 6.65. The number of rotatable bonds is 6. The summed E-state index contributed by atoms with van der Waals surface area (Å²) >= 11 is 1.34. The Morgan fingerprint density at radius 2 is 1.84 bits per heavy atom. The van der Waals surface area contributed by atoms with Gasteiger partial charge in [0.1, 0.15) is 5.60 Å². The molecule has 8 nitrogen and oxygen atoms in total. The third kappa shape index (κ3) is 6.08. The lowest BCUT2D eigenvalue weighted by atomic mass is 10.1. The number of thiazole rings is 1. The molecule has 31 heavy (non-hydrogen) atoms. The van der Waals surface area contributed by atoms with Crippen molar-refractivity contribution in [3.8, 4) is 22.6 Å². The predicted molar refractivity (Wildman–Crippen MR) is 121 cm³/mol. The number of phenols is 1. The summed E-state index contributed by atoms with van der Waals surface area (Å²) in [4.78, 5) is 28.2. The first-order valence-corrected chi connectivity index (χ1v) is 10.5. The van der Waals surface area contributed by atoms with Crippen LogP contribution in [0.15, 0.2) is 36.4 Å². The van der Waals surface area contributed by atoms with Crippen LogP contribution in [-0.2, 0) is 9.53 Å². The fourth-order valence-electron chi connectivity index (χ4n) is 2.83. The van der Waals surface area contributed by atoms with Crippen LogP contribution in [0.25, 0.3) is 21.3 Å². The number of aromatic hydroxyl groups is 1. The summed E-state index contributed by atoms with van der Waals surface area (Å²) in [7, 11) is 1.50. The number of phenolic OH excluding ortho intramolecular Hbond substituents is 1. The number of ether oxygens (including phenoxy) is 2. The molecule has 3 N–H and O–H groups in total. The molecule has 164 valence electrons. The van der Waals surface area contributed by atoms with E-state index in [0.717, 1.165) is 21.3 Å². The molecule has 0 atom stereocenters. The van der Waals surface area contributed by atoms with E-state index in [0.29, 0.717) is 10.9 Å². The second kappa shape index (κ2) is 9.22. The fourth-order valence-corrected chi connectivity index (χ4v) is 3.73. The van der Waals surface area contributed by atoms with Gasteiger partial charge in [0.15, 0.2) is 16.6 Å². The van der Waals surface area contributed by atoms with Gasteiger partial charge in [-0.15, -0.1) is 0 Å². The van der Waals surface area contributed by atoms with Crippen LogP contribution in [0.2, 0.25) is 0 Å². The number of urea groups is 1. The zero-order valence-corrected chi connectivity index (χ0v) is 18.6. The van der Waals surface area contributed by atoms with Crippen molar-refractivity contribution in [1.82, 2.24) is 10.3 Å². The minimum Gasteiger partial charge on any atom is -0.504 e. The van der Waals surface area contributed by atoms with E-state index in [1.807, 2.05) is 18.2 Å². The minimum absolute atomic E-state index is 0.0780. The minimum atomic E-state index is -0.551. The van der Waals surface area contributed by atoms with Crippen molar-refractivity contribution < 1.29 is 24.2 Å². The van der Waals surface area contributed by atoms with Gasteiger partial charge < -0.3 is 19.9 Å². The lowest BCUT2D eigenvalue weighted by Crippen LogP contribution is -2.32. The number of carbonyl (C=O) groups is 2. The smallest absolute Gasteiger partial charge is 0.321 e. The van der Waals surface area contributed by atoms with Crippen molar-refractivity contribution in [3.05, 3.63) is 36.4 Å². The average molecular weight is 444 g/mol. The van der Waals surface area contributed by atoms with Crippen LogP contribution in [0.5, 0.6) is 11.5 Å². The van der Waals surface area contributed by atoms with Gasteiger partial charge in [0.2, 0.25) is 0 Å². The third-order valence-electron chi connectivity index (χ3n) is 4.16. The molecule has 2 amide bonds. The van der Waals surface area contributed by atoms with Crippen LogP contribution in [0.4, 0.5) is 9.93 Å². The molecular formula is C22H25N3O5S. The molecule has 0 bridgehead atoms. The van der Waals surface area contributed by atoms with E-state index >= 15 is 0 Å². The number of esters is 1. The number of nitrogens with one attached hydrogen (secondary N) is 2. The number of carbonyl (C=O) groups excluding carboxylic acids is 2. The summed E-state index contributed by atoms with van der Waals surface area (Å²) in [5.41, 5.74) is 2.02.